The van der Waals surface area contributed by atoms with Gasteiger partial charge >= 0.3 is 12.1 Å². The highest BCUT2D eigenvalue weighted by atomic mass is 79.9. The highest BCUT2D eigenvalue weighted by Crippen LogP contribution is 2.37. The van der Waals surface area contributed by atoms with Gasteiger partial charge in [-0.3, -0.25) is 0 Å². The van der Waals surface area contributed by atoms with Crippen LogP contribution in [0.5, 0.6) is 0 Å². The summed E-state index contributed by atoms with van der Waals surface area (Å²) in [5.41, 5.74) is 0.301. The van der Waals surface area contributed by atoms with Crippen molar-refractivity contribution >= 4 is 33.8 Å². The summed E-state index contributed by atoms with van der Waals surface area (Å²) in [6, 6.07) is -0.0586. The third-order valence-electron chi connectivity index (χ3n) is 5.45. The fourth-order valence-corrected chi connectivity index (χ4v) is 3.63. The molecule has 30 heavy (non-hydrogen) atoms. The summed E-state index contributed by atoms with van der Waals surface area (Å²) in [4.78, 5) is 35.6. The lowest BCUT2D eigenvalue weighted by atomic mass is 9.74. The Morgan fingerprint density at radius 2 is 1.87 bits per heavy atom. The number of anilines is 1. The van der Waals surface area contributed by atoms with Gasteiger partial charge in [0, 0.05) is 19.1 Å². The van der Waals surface area contributed by atoms with E-state index in [2.05, 4.69) is 43.0 Å². The lowest BCUT2D eigenvalue weighted by molar-refractivity contribution is 0.0439. The van der Waals surface area contributed by atoms with E-state index >= 15 is 0 Å². The van der Waals surface area contributed by atoms with E-state index in [-0.39, 0.29) is 23.8 Å². The zero-order chi connectivity index (χ0) is 22.7. The van der Waals surface area contributed by atoms with E-state index in [4.69, 9.17) is 9.47 Å². The molecule has 1 saturated heterocycles. The van der Waals surface area contributed by atoms with Gasteiger partial charge < -0.3 is 19.7 Å². The van der Waals surface area contributed by atoms with Gasteiger partial charge in [0.2, 0.25) is 0 Å². The number of piperidine rings is 1. The Bertz CT molecular complexity index is 786. The molecule has 1 atom stereocenters. The zero-order valence-electron chi connectivity index (χ0n) is 19.0. The van der Waals surface area contributed by atoms with Gasteiger partial charge in [-0.25, -0.2) is 19.6 Å². The minimum absolute atomic E-state index is 0.0586. The van der Waals surface area contributed by atoms with Crippen molar-refractivity contribution in [3.05, 3.63) is 16.0 Å². The summed E-state index contributed by atoms with van der Waals surface area (Å²) < 4.78 is 11.1. The van der Waals surface area contributed by atoms with Crippen molar-refractivity contribution in [2.75, 3.05) is 24.6 Å². The molecule has 1 aromatic rings. The molecule has 1 aliphatic rings. The number of carbonyl (C=O) groups excluding carboxylic acids is 2. The standard InChI is InChI=1S/C21H33BrN4O4/c1-8-29-18(27)15-17(23-13(2)16(22)25-15)26-11-9-21(7,10-12-26)14(3)24-19(28)30-20(4,5)6/h14H,8-12H2,1-7H3,(H,24,28). The molecule has 0 spiro atoms. The number of carbonyl (C=O) groups is 2. The molecule has 1 unspecified atom stereocenters. The van der Waals surface area contributed by atoms with E-state index in [9.17, 15) is 9.59 Å². The van der Waals surface area contributed by atoms with E-state index < -0.39 is 17.7 Å². The topological polar surface area (TPSA) is 93.6 Å². The quantitative estimate of drug-likeness (QED) is 0.624. The molecule has 2 heterocycles. The smallest absolute Gasteiger partial charge is 0.407 e. The summed E-state index contributed by atoms with van der Waals surface area (Å²) in [7, 11) is 0. The summed E-state index contributed by atoms with van der Waals surface area (Å²) in [6.07, 6.45) is 1.24. The van der Waals surface area contributed by atoms with E-state index in [0.29, 0.717) is 29.2 Å². The molecule has 1 aromatic heterocycles. The number of nitrogens with zero attached hydrogens (tertiary/aromatic N) is 3. The number of rotatable bonds is 5. The maximum atomic E-state index is 12.4. The van der Waals surface area contributed by atoms with Gasteiger partial charge in [-0.15, -0.1) is 0 Å². The molecule has 168 valence electrons. The molecule has 1 N–H and O–H groups in total. The van der Waals surface area contributed by atoms with E-state index in [1.807, 2.05) is 34.6 Å². The first-order chi connectivity index (χ1) is 13.9. The van der Waals surface area contributed by atoms with Crippen LogP contribution in [0.15, 0.2) is 4.60 Å². The van der Waals surface area contributed by atoms with Crippen molar-refractivity contribution in [1.82, 2.24) is 15.3 Å². The van der Waals surface area contributed by atoms with Gasteiger partial charge in [0.25, 0.3) is 0 Å². The van der Waals surface area contributed by atoms with Crippen LogP contribution in [0.3, 0.4) is 0 Å². The highest BCUT2D eigenvalue weighted by molar-refractivity contribution is 9.10. The molecule has 1 fully saturated rings. The Kier molecular flexibility index (Phi) is 7.71. The largest absolute Gasteiger partial charge is 0.461 e. The molecule has 9 heteroatoms. The number of alkyl carbamates (subject to hydrolysis) is 1. The fourth-order valence-electron chi connectivity index (χ4n) is 3.36. The number of aromatic nitrogens is 2. The van der Waals surface area contributed by atoms with Crippen molar-refractivity contribution in [2.24, 2.45) is 5.41 Å². The van der Waals surface area contributed by atoms with E-state index in [1.165, 1.54) is 0 Å². The number of aryl methyl sites for hydroxylation is 1. The molecule has 0 aliphatic carbocycles. The molecule has 1 amide bonds. The first-order valence-corrected chi connectivity index (χ1v) is 11.1. The Balaban J connectivity index is 2.12. The first kappa shape index (κ1) is 24.4. The number of amides is 1. The number of esters is 1. The van der Waals surface area contributed by atoms with Crippen LogP contribution in [0.4, 0.5) is 10.6 Å². The normalized spacial score (nSPS) is 17.3. The lowest BCUT2D eigenvalue weighted by Crippen LogP contribution is -2.51. The maximum Gasteiger partial charge on any atom is 0.407 e. The molecule has 0 saturated carbocycles. The van der Waals surface area contributed by atoms with E-state index in [0.717, 1.165) is 12.8 Å². The van der Waals surface area contributed by atoms with Crippen LogP contribution in [0.2, 0.25) is 0 Å². The van der Waals surface area contributed by atoms with Gasteiger partial charge in [0.15, 0.2) is 11.5 Å². The van der Waals surface area contributed by atoms with Crippen molar-refractivity contribution in [1.29, 1.82) is 0 Å². The SMILES string of the molecule is CCOC(=O)c1nc(Br)c(C)nc1N1CCC(C)(C(C)NC(=O)OC(C)(C)C)CC1. The predicted octanol–water partition coefficient (Wildman–Crippen LogP) is 4.24. The molecule has 0 aromatic carbocycles. The van der Waals surface area contributed by atoms with Crippen LogP contribution in [-0.2, 0) is 9.47 Å². The van der Waals surface area contributed by atoms with Crippen LogP contribution in [0.25, 0.3) is 0 Å². The van der Waals surface area contributed by atoms with Crippen LogP contribution in [0, 0.1) is 12.3 Å². The Morgan fingerprint density at radius 3 is 2.40 bits per heavy atom. The second kappa shape index (κ2) is 9.49. The minimum atomic E-state index is -0.532. The third kappa shape index (κ3) is 6.06. The van der Waals surface area contributed by atoms with Crippen molar-refractivity contribution in [3.63, 3.8) is 0 Å². The third-order valence-corrected chi connectivity index (χ3v) is 6.20. The van der Waals surface area contributed by atoms with Gasteiger partial charge in [0.1, 0.15) is 10.2 Å². The molecule has 0 bridgehead atoms. The number of hydrogen-bond donors (Lipinski definition) is 1. The lowest BCUT2D eigenvalue weighted by Gasteiger charge is -2.43. The second-order valence-corrected chi connectivity index (χ2v) is 9.75. The molecule has 2 rings (SSSR count). The van der Waals surface area contributed by atoms with Crippen LogP contribution in [0.1, 0.15) is 70.6 Å². The van der Waals surface area contributed by atoms with Crippen molar-refractivity contribution in [3.8, 4) is 0 Å². The summed E-state index contributed by atoms with van der Waals surface area (Å²) in [6.45, 7) is 15.0. The van der Waals surface area contributed by atoms with Crippen LogP contribution >= 0.6 is 15.9 Å². The Morgan fingerprint density at radius 1 is 1.27 bits per heavy atom. The van der Waals surface area contributed by atoms with Gasteiger partial charge in [-0.2, -0.15) is 0 Å². The van der Waals surface area contributed by atoms with Gasteiger partial charge in [-0.1, -0.05) is 6.92 Å². The molecular weight excluding hydrogens is 452 g/mol. The number of hydrogen-bond acceptors (Lipinski definition) is 7. The van der Waals surface area contributed by atoms with Crippen LogP contribution in [-0.4, -0.2) is 53.4 Å². The molecule has 1 aliphatic heterocycles. The Labute approximate surface area is 187 Å². The zero-order valence-corrected chi connectivity index (χ0v) is 20.6. The predicted molar refractivity (Wildman–Crippen MR) is 119 cm³/mol. The molecular formula is C21H33BrN4O4. The number of ether oxygens (including phenoxy) is 2. The summed E-state index contributed by atoms with van der Waals surface area (Å²) in [5.74, 6) is 0.0675. The van der Waals surface area contributed by atoms with Gasteiger partial charge in [-0.05, 0) is 75.7 Å². The monoisotopic (exact) mass is 484 g/mol. The molecule has 0 radical (unpaired) electrons. The van der Waals surface area contributed by atoms with E-state index in [1.54, 1.807) is 6.92 Å². The van der Waals surface area contributed by atoms with Crippen molar-refractivity contribution < 1.29 is 19.1 Å². The second-order valence-electron chi connectivity index (χ2n) is 9.00. The number of halogens is 1. The Hall–Kier alpha value is -1.90. The molecule has 8 nitrogen and oxygen atoms in total. The first-order valence-electron chi connectivity index (χ1n) is 10.3. The summed E-state index contributed by atoms with van der Waals surface area (Å²) >= 11 is 3.35. The minimum Gasteiger partial charge on any atom is -0.461 e. The maximum absolute atomic E-state index is 12.4. The average Bonchev–Trinajstić information content (AvgIpc) is 2.63. The average molecular weight is 485 g/mol. The summed E-state index contributed by atoms with van der Waals surface area (Å²) in [5, 5.41) is 2.98. The van der Waals surface area contributed by atoms with Gasteiger partial charge in [0.05, 0.1) is 12.3 Å². The van der Waals surface area contributed by atoms with Crippen molar-refractivity contribution in [2.45, 2.75) is 73.0 Å². The number of nitrogens with one attached hydrogen (secondary N) is 1. The fraction of sp³-hybridized carbons (Fsp3) is 0.714. The highest BCUT2D eigenvalue weighted by Gasteiger charge is 2.38. The van der Waals surface area contributed by atoms with Crippen LogP contribution < -0.4 is 10.2 Å².